The molecule has 0 bridgehead atoms. The van der Waals surface area contributed by atoms with Gasteiger partial charge in [0.05, 0.1) is 0 Å². The van der Waals surface area contributed by atoms with Crippen LogP contribution in [0.5, 0.6) is 0 Å². The Labute approximate surface area is 122 Å². The lowest BCUT2D eigenvalue weighted by atomic mass is 9.89. The molecule has 1 unspecified atom stereocenters. The minimum atomic E-state index is -0.267. The predicted octanol–water partition coefficient (Wildman–Crippen LogP) is 3.87. The van der Waals surface area contributed by atoms with Crippen molar-refractivity contribution in [1.82, 2.24) is 0 Å². The zero-order valence-electron chi connectivity index (χ0n) is 11.4. The average Bonchev–Trinajstić information content (AvgIpc) is 2.79. The van der Waals surface area contributed by atoms with Gasteiger partial charge in [0.15, 0.2) is 0 Å². The third-order valence-corrected chi connectivity index (χ3v) is 4.77. The summed E-state index contributed by atoms with van der Waals surface area (Å²) in [5, 5.41) is 0. The van der Waals surface area contributed by atoms with Crippen molar-refractivity contribution in [2.45, 2.75) is 32.3 Å². The van der Waals surface area contributed by atoms with Gasteiger partial charge in [-0.1, -0.05) is 24.3 Å². The Morgan fingerprint density at radius 2 is 2.20 bits per heavy atom. The number of carbonyl (C=O) groups is 1. The summed E-state index contributed by atoms with van der Waals surface area (Å²) < 4.78 is 5.69. The van der Waals surface area contributed by atoms with Gasteiger partial charge in [-0.05, 0) is 43.4 Å². The Morgan fingerprint density at radius 3 is 2.95 bits per heavy atom. The van der Waals surface area contributed by atoms with E-state index < -0.39 is 0 Å². The number of benzene rings is 1. The second kappa shape index (κ2) is 5.29. The highest BCUT2D eigenvalue weighted by Gasteiger charge is 2.24. The number of hydrogen-bond donors (Lipinski definition) is 1. The van der Waals surface area contributed by atoms with Crippen LogP contribution >= 0.6 is 11.3 Å². The molecule has 1 aliphatic rings. The molecular formula is C16H17NO2S. The number of esters is 1. The molecule has 2 N–H and O–H groups in total. The summed E-state index contributed by atoms with van der Waals surface area (Å²) in [6.07, 6.45) is 2.88. The van der Waals surface area contributed by atoms with E-state index in [0.29, 0.717) is 10.6 Å². The van der Waals surface area contributed by atoms with Crippen LogP contribution in [-0.4, -0.2) is 5.97 Å². The Kier molecular flexibility index (Phi) is 3.49. The largest absolute Gasteiger partial charge is 0.453 e. The van der Waals surface area contributed by atoms with Crippen LogP contribution in [-0.2, 0) is 11.2 Å². The van der Waals surface area contributed by atoms with Crippen LogP contribution < -0.4 is 5.73 Å². The van der Waals surface area contributed by atoms with Gasteiger partial charge >= 0.3 is 5.97 Å². The number of rotatable bonds is 2. The number of carbonyl (C=O) groups excluding carboxylic acids is 1. The molecule has 1 aromatic heterocycles. The average molecular weight is 287 g/mol. The first-order chi connectivity index (χ1) is 9.65. The molecule has 0 saturated heterocycles. The maximum atomic E-state index is 12.2. The second-order valence-corrected chi connectivity index (χ2v) is 6.36. The first kappa shape index (κ1) is 13.2. The molecule has 0 fully saturated rings. The fourth-order valence-corrected chi connectivity index (χ4v) is 3.44. The molecule has 0 spiro atoms. The van der Waals surface area contributed by atoms with Crippen LogP contribution in [0.15, 0.2) is 30.3 Å². The summed E-state index contributed by atoms with van der Waals surface area (Å²) >= 11 is 1.39. The maximum Gasteiger partial charge on any atom is 0.349 e. The zero-order chi connectivity index (χ0) is 14.1. The molecular weight excluding hydrogens is 270 g/mol. The molecule has 20 heavy (non-hydrogen) atoms. The minimum Gasteiger partial charge on any atom is -0.453 e. The molecule has 2 aromatic rings. The molecule has 1 aliphatic carbocycles. The third-order valence-electron chi connectivity index (χ3n) is 3.72. The van der Waals surface area contributed by atoms with Gasteiger partial charge in [0.1, 0.15) is 11.0 Å². The van der Waals surface area contributed by atoms with Crippen molar-refractivity contribution in [2.24, 2.45) is 0 Å². The van der Waals surface area contributed by atoms with E-state index in [9.17, 15) is 4.79 Å². The highest BCUT2D eigenvalue weighted by molar-refractivity contribution is 7.14. The van der Waals surface area contributed by atoms with Crippen molar-refractivity contribution in [3.05, 3.63) is 51.2 Å². The summed E-state index contributed by atoms with van der Waals surface area (Å²) in [6, 6.07) is 9.91. The van der Waals surface area contributed by atoms with Gasteiger partial charge < -0.3 is 10.5 Å². The number of anilines is 1. The topological polar surface area (TPSA) is 52.3 Å². The number of hydrogen-bond acceptors (Lipinski definition) is 4. The molecule has 1 aromatic carbocycles. The van der Waals surface area contributed by atoms with Crippen LogP contribution in [0.3, 0.4) is 0 Å². The number of thiophene rings is 1. The Morgan fingerprint density at radius 1 is 1.40 bits per heavy atom. The van der Waals surface area contributed by atoms with E-state index in [1.54, 1.807) is 6.07 Å². The SMILES string of the molecule is Cc1sc(C(=O)OC2CCCc3ccccc32)cc1N. The molecule has 0 amide bonds. The van der Waals surface area contributed by atoms with E-state index in [2.05, 4.69) is 12.1 Å². The monoisotopic (exact) mass is 287 g/mol. The van der Waals surface area contributed by atoms with E-state index in [4.69, 9.17) is 10.5 Å². The first-order valence-corrected chi connectivity index (χ1v) is 7.61. The molecule has 0 radical (unpaired) electrons. The summed E-state index contributed by atoms with van der Waals surface area (Å²) in [4.78, 5) is 13.8. The standard InChI is InChI=1S/C16H17NO2S/c1-10-13(17)9-15(20-10)16(18)19-14-8-4-6-11-5-2-3-7-12(11)14/h2-3,5,7,9,14H,4,6,8,17H2,1H3. The number of nitrogens with two attached hydrogens (primary N) is 1. The molecule has 3 nitrogen and oxygen atoms in total. The lowest BCUT2D eigenvalue weighted by molar-refractivity contribution is 0.0262. The number of aryl methyl sites for hydroxylation is 2. The van der Waals surface area contributed by atoms with Gasteiger partial charge in [0.25, 0.3) is 0 Å². The van der Waals surface area contributed by atoms with Crippen molar-refractivity contribution in [3.63, 3.8) is 0 Å². The van der Waals surface area contributed by atoms with Gasteiger partial charge in [0.2, 0.25) is 0 Å². The van der Waals surface area contributed by atoms with Crippen molar-refractivity contribution in [2.75, 3.05) is 5.73 Å². The van der Waals surface area contributed by atoms with Crippen molar-refractivity contribution >= 4 is 23.0 Å². The van der Waals surface area contributed by atoms with Crippen LogP contribution in [0.25, 0.3) is 0 Å². The molecule has 4 heteroatoms. The van der Waals surface area contributed by atoms with Crippen LogP contribution in [0.1, 0.15) is 44.6 Å². The van der Waals surface area contributed by atoms with E-state index in [1.165, 1.54) is 16.9 Å². The van der Waals surface area contributed by atoms with Crippen LogP contribution in [0, 0.1) is 6.92 Å². The molecule has 0 saturated carbocycles. The molecule has 1 atom stereocenters. The Hall–Kier alpha value is -1.81. The number of nitrogen functional groups attached to an aromatic ring is 1. The van der Waals surface area contributed by atoms with E-state index >= 15 is 0 Å². The third kappa shape index (κ3) is 2.43. The van der Waals surface area contributed by atoms with Gasteiger partial charge in [-0.2, -0.15) is 0 Å². The Balaban J connectivity index is 1.80. The van der Waals surface area contributed by atoms with E-state index in [0.717, 1.165) is 29.7 Å². The van der Waals surface area contributed by atoms with Gasteiger partial charge in [0, 0.05) is 10.6 Å². The minimum absolute atomic E-state index is 0.129. The van der Waals surface area contributed by atoms with Gasteiger partial charge in [-0.25, -0.2) is 4.79 Å². The predicted molar refractivity (Wildman–Crippen MR) is 81.0 cm³/mol. The number of fused-ring (bicyclic) bond motifs is 1. The summed E-state index contributed by atoms with van der Waals surface area (Å²) in [5.41, 5.74) is 8.89. The summed E-state index contributed by atoms with van der Waals surface area (Å²) in [7, 11) is 0. The highest BCUT2D eigenvalue weighted by atomic mass is 32.1. The molecule has 3 rings (SSSR count). The highest BCUT2D eigenvalue weighted by Crippen LogP contribution is 2.34. The van der Waals surface area contributed by atoms with Gasteiger partial charge in [-0.3, -0.25) is 0 Å². The zero-order valence-corrected chi connectivity index (χ0v) is 12.2. The summed E-state index contributed by atoms with van der Waals surface area (Å²) in [5.74, 6) is -0.267. The molecule has 0 aliphatic heterocycles. The lowest BCUT2D eigenvalue weighted by Gasteiger charge is -2.25. The maximum absolute atomic E-state index is 12.2. The van der Waals surface area contributed by atoms with Gasteiger partial charge in [-0.15, -0.1) is 11.3 Å². The summed E-state index contributed by atoms with van der Waals surface area (Å²) in [6.45, 7) is 1.91. The van der Waals surface area contributed by atoms with Crippen molar-refractivity contribution < 1.29 is 9.53 Å². The van der Waals surface area contributed by atoms with Crippen LogP contribution in [0.2, 0.25) is 0 Å². The molecule has 104 valence electrons. The van der Waals surface area contributed by atoms with Crippen molar-refractivity contribution in [3.8, 4) is 0 Å². The van der Waals surface area contributed by atoms with Crippen LogP contribution in [0.4, 0.5) is 5.69 Å². The smallest absolute Gasteiger partial charge is 0.349 e. The lowest BCUT2D eigenvalue weighted by Crippen LogP contribution is -2.16. The number of ether oxygens (including phenoxy) is 1. The van der Waals surface area contributed by atoms with E-state index in [-0.39, 0.29) is 12.1 Å². The fourth-order valence-electron chi connectivity index (χ4n) is 2.62. The first-order valence-electron chi connectivity index (χ1n) is 6.80. The Bertz CT molecular complexity index is 628. The quantitative estimate of drug-likeness (QED) is 0.853. The van der Waals surface area contributed by atoms with E-state index in [1.807, 2.05) is 19.1 Å². The normalized spacial score (nSPS) is 17.6. The second-order valence-electron chi connectivity index (χ2n) is 5.11. The van der Waals surface area contributed by atoms with Crippen molar-refractivity contribution in [1.29, 1.82) is 0 Å². The molecule has 1 heterocycles. The fraction of sp³-hybridized carbons (Fsp3) is 0.312.